The van der Waals surface area contributed by atoms with Crippen molar-refractivity contribution in [2.45, 2.75) is 310 Å². The minimum absolute atomic E-state index is 0.521. The van der Waals surface area contributed by atoms with Gasteiger partial charge in [0, 0.05) is 84.1 Å². The summed E-state index contributed by atoms with van der Waals surface area (Å²) >= 11 is 0. The van der Waals surface area contributed by atoms with Crippen LogP contribution in [0, 0.1) is 141 Å². The van der Waals surface area contributed by atoms with Gasteiger partial charge in [0.25, 0.3) is 0 Å². The zero-order valence-electron chi connectivity index (χ0n) is 68.8. The van der Waals surface area contributed by atoms with E-state index in [1.165, 1.54) is 195 Å². The molecule has 2 saturated carbocycles. The van der Waals surface area contributed by atoms with E-state index in [0.29, 0.717) is 10.8 Å². The normalized spacial score (nSPS) is 28.5. The lowest BCUT2D eigenvalue weighted by Crippen LogP contribution is -2.52. The van der Waals surface area contributed by atoms with Crippen LogP contribution in [-0.2, 0) is 0 Å². The maximum absolute atomic E-state index is 2.82. The van der Waals surface area contributed by atoms with Crippen molar-refractivity contribution in [1.29, 1.82) is 0 Å². The maximum atomic E-state index is 2.82. The van der Waals surface area contributed by atoms with Crippen LogP contribution in [0.5, 0.6) is 0 Å². The van der Waals surface area contributed by atoms with Gasteiger partial charge in [0.15, 0.2) is 0 Å². The number of piperidine rings is 4. The molecule has 7 saturated heterocycles. The SMILES string of the molecule is CC(C)CC1CCC(C(C)C)CC1.CC(C)CN1C2CCC1CC(C(C)C)C2.CC(C)CN1CC(C(C)(C)C)C1.CC(C)CN1CC2C(C1)C2C(C)C.CC(C)CN1CCC(C(C)C)C1.CC(C)CN1CCC(C(C)C)CC1.CC(C)CN1CCC(C)(C(C)C)CC1. The summed E-state index contributed by atoms with van der Waals surface area (Å²) in [6.45, 7) is 91.8. The van der Waals surface area contributed by atoms with Crippen LogP contribution in [0.3, 0.4) is 0 Å². The van der Waals surface area contributed by atoms with Crippen LogP contribution in [0.1, 0.15) is 298 Å². The molecule has 6 heteroatoms. The first-order chi connectivity index (χ1) is 42.8. The first kappa shape index (κ1) is 86.0. The van der Waals surface area contributed by atoms with E-state index in [1.807, 2.05) is 0 Å². The Morgan fingerprint density at radius 1 is 0.337 bits per heavy atom. The highest BCUT2D eigenvalue weighted by Crippen LogP contribution is 2.55. The molecule has 0 radical (unpaired) electrons. The van der Waals surface area contributed by atoms with Crippen LogP contribution in [0.15, 0.2) is 0 Å². The van der Waals surface area contributed by atoms with Crippen LogP contribution < -0.4 is 0 Å². The minimum Gasteiger partial charge on any atom is -0.303 e. The largest absolute Gasteiger partial charge is 0.303 e. The van der Waals surface area contributed by atoms with Crippen LogP contribution in [0.2, 0.25) is 0 Å². The number of hydrogen-bond donors (Lipinski definition) is 0. The molecule has 5 unspecified atom stereocenters. The number of nitrogens with zero attached hydrogens (tertiary/aromatic N) is 6. The Morgan fingerprint density at radius 3 is 1.05 bits per heavy atom. The molecule has 0 amide bonds. The molecular formula is C86H174N6. The van der Waals surface area contributed by atoms with Crippen molar-refractivity contribution in [3.63, 3.8) is 0 Å². The molecule has 0 spiro atoms. The third-order valence-corrected chi connectivity index (χ3v) is 24.7. The third-order valence-electron chi connectivity index (χ3n) is 24.7. The summed E-state index contributed by atoms with van der Waals surface area (Å²) in [4.78, 5) is 15.9. The Bertz CT molecular complexity index is 1740. The molecule has 9 rings (SSSR count). The van der Waals surface area contributed by atoms with Gasteiger partial charge in [-0.3, -0.25) is 4.90 Å². The van der Waals surface area contributed by atoms with Crippen LogP contribution >= 0.6 is 0 Å². The van der Waals surface area contributed by atoms with Gasteiger partial charge in [-0.1, -0.05) is 221 Å². The Morgan fingerprint density at radius 2 is 0.696 bits per heavy atom. The topological polar surface area (TPSA) is 19.4 Å². The van der Waals surface area contributed by atoms with Crippen molar-refractivity contribution < 1.29 is 0 Å². The zero-order chi connectivity index (χ0) is 69.5. The molecule has 9 aliphatic rings. The van der Waals surface area contributed by atoms with E-state index in [4.69, 9.17) is 0 Å². The van der Waals surface area contributed by atoms with Gasteiger partial charge in [-0.25, -0.2) is 0 Å². The molecule has 5 atom stereocenters. The molecule has 0 aromatic heterocycles. The quantitative estimate of drug-likeness (QED) is 0.120. The van der Waals surface area contributed by atoms with Gasteiger partial charge < -0.3 is 24.5 Å². The fourth-order valence-electron chi connectivity index (χ4n) is 18.2. The van der Waals surface area contributed by atoms with E-state index >= 15 is 0 Å². The molecule has 2 bridgehead atoms. The Balaban J connectivity index is 0.000000280. The molecule has 0 aromatic rings. The number of hydrogen-bond acceptors (Lipinski definition) is 6. The Labute approximate surface area is 581 Å². The van der Waals surface area contributed by atoms with Crippen molar-refractivity contribution in [3.05, 3.63) is 0 Å². The van der Waals surface area contributed by atoms with Crippen LogP contribution in [0.25, 0.3) is 0 Å². The van der Waals surface area contributed by atoms with Crippen molar-refractivity contribution in [3.8, 4) is 0 Å². The maximum Gasteiger partial charge on any atom is 0.0102 e. The van der Waals surface area contributed by atoms with E-state index in [0.717, 1.165) is 142 Å². The smallest absolute Gasteiger partial charge is 0.0102 e. The van der Waals surface area contributed by atoms with Crippen LogP contribution in [0.4, 0.5) is 0 Å². The van der Waals surface area contributed by atoms with Crippen molar-refractivity contribution >= 4 is 0 Å². The zero-order valence-corrected chi connectivity index (χ0v) is 68.8. The van der Waals surface area contributed by atoms with Gasteiger partial charge >= 0.3 is 0 Å². The molecule has 92 heavy (non-hydrogen) atoms. The van der Waals surface area contributed by atoms with E-state index < -0.39 is 0 Å². The molecule has 0 aromatic carbocycles. The second kappa shape index (κ2) is 42.1. The summed E-state index contributed by atoms with van der Waals surface area (Å²) in [5.74, 6) is 20.4. The number of likely N-dealkylation sites (tertiary alicyclic amines) is 5. The van der Waals surface area contributed by atoms with Crippen molar-refractivity contribution in [2.24, 2.45) is 141 Å². The summed E-state index contributed by atoms with van der Waals surface area (Å²) in [7, 11) is 0. The van der Waals surface area contributed by atoms with Gasteiger partial charge in [0.2, 0.25) is 0 Å². The van der Waals surface area contributed by atoms with Gasteiger partial charge in [0.1, 0.15) is 0 Å². The molecule has 7 aliphatic heterocycles. The fraction of sp³-hybridized carbons (Fsp3) is 1.00. The highest BCUT2D eigenvalue weighted by Gasteiger charge is 2.56. The van der Waals surface area contributed by atoms with E-state index in [1.54, 1.807) is 0 Å². The summed E-state index contributed by atoms with van der Waals surface area (Å²) in [6.07, 6.45) is 20.4. The highest BCUT2D eigenvalue weighted by molar-refractivity contribution is 5.06. The van der Waals surface area contributed by atoms with E-state index in [2.05, 4.69) is 237 Å². The molecular weight excluding hydrogens is 1120 g/mol. The third kappa shape index (κ3) is 32.4. The van der Waals surface area contributed by atoms with E-state index in [-0.39, 0.29) is 0 Å². The highest BCUT2D eigenvalue weighted by atomic mass is 15.2. The molecule has 548 valence electrons. The molecule has 6 nitrogen and oxygen atoms in total. The lowest BCUT2D eigenvalue weighted by Gasteiger charge is -2.47. The van der Waals surface area contributed by atoms with Crippen molar-refractivity contribution in [1.82, 2.24) is 29.4 Å². The first-order valence-electron chi connectivity index (χ1n) is 41.2. The molecule has 9 fully saturated rings. The number of fused-ring (bicyclic) bond motifs is 3. The van der Waals surface area contributed by atoms with Gasteiger partial charge in [0.05, 0.1) is 0 Å². The molecule has 0 N–H and O–H groups in total. The Hall–Kier alpha value is -0.240. The summed E-state index contributed by atoms with van der Waals surface area (Å²) in [5, 5.41) is 0. The van der Waals surface area contributed by atoms with Gasteiger partial charge in [-0.2, -0.15) is 0 Å². The predicted molar refractivity (Wildman–Crippen MR) is 413 cm³/mol. The lowest BCUT2D eigenvalue weighted by atomic mass is 9.72. The van der Waals surface area contributed by atoms with E-state index in [9.17, 15) is 0 Å². The summed E-state index contributed by atoms with van der Waals surface area (Å²) < 4.78 is 0. The second-order valence-corrected chi connectivity index (χ2v) is 39.8. The van der Waals surface area contributed by atoms with Gasteiger partial charge in [-0.05, 0) is 251 Å². The predicted octanol–water partition coefficient (Wildman–Crippen LogP) is 22.2. The van der Waals surface area contributed by atoms with Gasteiger partial charge in [-0.15, -0.1) is 0 Å². The minimum atomic E-state index is 0.521. The standard InChI is InChI=1S/C14H27N.C13H27N.C13H26.C12H23N.C12H25N.2C11H23N/c1-10(2)9-15-13-5-6-14(15)8-12(7-13)11(3)4;1-11(2)10-14-8-6-13(5,7-9-14)12(3)4;1-10(2)9-12-5-7-13(8-6-12)11(3)4;1-8(2)5-13-6-10-11(7-13)12(10)9(3)4;1-10(2)9-13-7-5-12(6-8-13)11(3)4;1-9(2)6-12-7-10(8-12)11(3,4)5;1-9(2)7-12-6-5-11(8-12)10(3)4/h10-14H,5-9H2,1-4H3;11-12H,6-10H2,1-5H3;10-13H,5-9H2,1-4H3;8-12H,5-7H2,1-4H3;10-12H,5-9H2,1-4H3;9-10H,6-8H2,1-5H3;9-11H,5-8H2,1-4H3. The number of rotatable bonds is 20. The average molecular weight is 1290 g/mol. The van der Waals surface area contributed by atoms with Crippen molar-refractivity contribution in [2.75, 3.05) is 105 Å². The Kier molecular flexibility index (Phi) is 39.4. The second-order valence-electron chi connectivity index (χ2n) is 39.8. The fourth-order valence-corrected chi connectivity index (χ4v) is 18.2. The summed E-state index contributed by atoms with van der Waals surface area (Å²) in [6, 6.07) is 1.86. The summed E-state index contributed by atoms with van der Waals surface area (Å²) in [5.41, 5.74) is 1.13. The first-order valence-corrected chi connectivity index (χ1v) is 41.2. The molecule has 2 aliphatic carbocycles. The van der Waals surface area contributed by atoms with Crippen LogP contribution in [-0.4, -0.2) is 146 Å². The average Bonchev–Trinajstić information content (AvgIpc) is 1.58. The lowest BCUT2D eigenvalue weighted by molar-refractivity contribution is 0.0172. The monoisotopic (exact) mass is 1290 g/mol. The molecule has 7 heterocycles.